The number of nitriles is 1. The van der Waals surface area contributed by atoms with Crippen LogP contribution in [-0.4, -0.2) is 4.98 Å². The number of halogens is 1. The van der Waals surface area contributed by atoms with Crippen LogP contribution in [0.5, 0.6) is 0 Å². The van der Waals surface area contributed by atoms with Crippen molar-refractivity contribution in [2.24, 2.45) is 0 Å². The van der Waals surface area contributed by atoms with E-state index in [1.54, 1.807) is 23.7 Å². The Kier molecular flexibility index (Phi) is 3.86. The molecular weight excluding hydrogens is 288 g/mol. The van der Waals surface area contributed by atoms with E-state index in [1.807, 2.05) is 12.1 Å². The van der Waals surface area contributed by atoms with E-state index in [-0.39, 0.29) is 0 Å². The summed E-state index contributed by atoms with van der Waals surface area (Å²) in [5, 5.41) is 9.94. The first-order valence-corrected chi connectivity index (χ1v) is 7.81. The highest BCUT2D eigenvalue weighted by atomic mass is 35.5. The highest BCUT2D eigenvalue weighted by Crippen LogP contribution is 2.38. The fourth-order valence-electron chi connectivity index (χ4n) is 2.47. The highest BCUT2D eigenvalue weighted by molar-refractivity contribution is 7.14. The first kappa shape index (κ1) is 13.4. The number of fused-ring (bicyclic) bond motifs is 1. The standard InChI is InChI=1S/C16H13ClN2S/c17-16(13(9-18)12-5-3-7-19-10-12)15-8-11-4-1-2-6-14(11)20-15/h3,5,7-8,10H,1-2,4,6H2/b16-13-. The monoisotopic (exact) mass is 300 g/mol. The van der Waals surface area contributed by atoms with Crippen molar-refractivity contribution >= 4 is 33.5 Å². The molecule has 3 rings (SSSR count). The molecule has 1 aliphatic rings. The largest absolute Gasteiger partial charge is 0.264 e. The van der Waals surface area contributed by atoms with Gasteiger partial charge in [-0.1, -0.05) is 17.7 Å². The molecule has 2 aromatic rings. The second-order valence-corrected chi connectivity index (χ2v) is 6.32. The maximum absolute atomic E-state index is 9.40. The van der Waals surface area contributed by atoms with Gasteiger partial charge in [0, 0.05) is 27.7 Å². The molecule has 0 N–H and O–H groups in total. The van der Waals surface area contributed by atoms with Crippen LogP contribution in [0.2, 0.25) is 0 Å². The van der Waals surface area contributed by atoms with Crippen LogP contribution >= 0.6 is 22.9 Å². The van der Waals surface area contributed by atoms with E-state index >= 15 is 0 Å². The summed E-state index contributed by atoms with van der Waals surface area (Å²) < 4.78 is 0. The summed E-state index contributed by atoms with van der Waals surface area (Å²) in [5.41, 5.74) is 2.67. The van der Waals surface area contributed by atoms with Gasteiger partial charge in [0.1, 0.15) is 6.07 Å². The number of aromatic nitrogens is 1. The predicted octanol–water partition coefficient (Wildman–Crippen LogP) is 4.65. The van der Waals surface area contributed by atoms with E-state index in [4.69, 9.17) is 11.6 Å². The molecule has 100 valence electrons. The van der Waals surface area contributed by atoms with Gasteiger partial charge in [0.25, 0.3) is 0 Å². The van der Waals surface area contributed by atoms with Crippen molar-refractivity contribution in [3.05, 3.63) is 51.5 Å². The molecule has 0 radical (unpaired) electrons. The Labute approximate surface area is 127 Å². The maximum atomic E-state index is 9.40. The van der Waals surface area contributed by atoms with Crippen molar-refractivity contribution < 1.29 is 0 Å². The van der Waals surface area contributed by atoms with Crippen molar-refractivity contribution in [3.63, 3.8) is 0 Å². The Morgan fingerprint density at radius 3 is 2.90 bits per heavy atom. The molecule has 0 fully saturated rings. The van der Waals surface area contributed by atoms with E-state index in [9.17, 15) is 5.26 Å². The Balaban J connectivity index is 2.05. The van der Waals surface area contributed by atoms with Crippen LogP contribution in [0.4, 0.5) is 0 Å². The maximum Gasteiger partial charge on any atom is 0.101 e. The van der Waals surface area contributed by atoms with Gasteiger partial charge >= 0.3 is 0 Å². The smallest absolute Gasteiger partial charge is 0.101 e. The zero-order valence-corrected chi connectivity index (χ0v) is 12.5. The molecule has 2 heterocycles. The molecule has 0 aliphatic heterocycles. The van der Waals surface area contributed by atoms with Gasteiger partial charge in [0.05, 0.1) is 10.6 Å². The van der Waals surface area contributed by atoms with Crippen molar-refractivity contribution in [3.8, 4) is 6.07 Å². The summed E-state index contributed by atoms with van der Waals surface area (Å²) >= 11 is 8.19. The van der Waals surface area contributed by atoms with Gasteiger partial charge in [-0.25, -0.2) is 0 Å². The molecule has 0 aromatic carbocycles. The van der Waals surface area contributed by atoms with Gasteiger partial charge < -0.3 is 0 Å². The van der Waals surface area contributed by atoms with Crippen LogP contribution < -0.4 is 0 Å². The molecule has 20 heavy (non-hydrogen) atoms. The second-order valence-electron chi connectivity index (χ2n) is 4.81. The van der Waals surface area contributed by atoms with Crippen LogP contribution in [-0.2, 0) is 12.8 Å². The predicted molar refractivity (Wildman–Crippen MR) is 83.5 cm³/mol. The molecule has 0 saturated heterocycles. The van der Waals surface area contributed by atoms with Gasteiger partial charge in [-0.15, -0.1) is 11.3 Å². The number of hydrogen-bond acceptors (Lipinski definition) is 3. The van der Waals surface area contributed by atoms with Gasteiger partial charge in [-0.05, 0) is 43.4 Å². The average molecular weight is 301 g/mol. The van der Waals surface area contributed by atoms with Crippen LogP contribution in [0.25, 0.3) is 10.6 Å². The van der Waals surface area contributed by atoms with Gasteiger partial charge in [-0.2, -0.15) is 5.26 Å². The van der Waals surface area contributed by atoms with Crippen LogP contribution in [0.1, 0.15) is 33.7 Å². The fraction of sp³-hybridized carbons (Fsp3) is 0.250. The fourth-order valence-corrected chi connectivity index (χ4v) is 3.99. The van der Waals surface area contributed by atoms with Crippen LogP contribution in [0, 0.1) is 11.3 Å². The Morgan fingerprint density at radius 1 is 1.35 bits per heavy atom. The third-order valence-corrected chi connectivity index (χ3v) is 5.25. The molecule has 1 aliphatic carbocycles. The van der Waals surface area contributed by atoms with Gasteiger partial charge in [0.15, 0.2) is 0 Å². The number of thiophene rings is 1. The molecular formula is C16H13ClN2S. The third kappa shape index (κ3) is 2.49. The number of nitrogens with zero attached hydrogens (tertiary/aromatic N) is 2. The average Bonchev–Trinajstić information content (AvgIpc) is 2.93. The molecule has 0 atom stereocenters. The van der Waals surface area contributed by atoms with Gasteiger partial charge in [-0.3, -0.25) is 4.98 Å². The zero-order chi connectivity index (χ0) is 13.9. The zero-order valence-electron chi connectivity index (χ0n) is 10.9. The normalized spacial score (nSPS) is 15.2. The van der Waals surface area contributed by atoms with Crippen LogP contribution in [0.15, 0.2) is 30.6 Å². The van der Waals surface area contributed by atoms with Crippen molar-refractivity contribution in [1.29, 1.82) is 5.26 Å². The lowest BCUT2D eigenvalue weighted by atomic mass is 9.99. The SMILES string of the molecule is N#C/C(=C(/Cl)c1cc2c(s1)CCCC2)c1cccnc1. The quantitative estimate of drug-likeness (QED) is 0.757. The minimum Gasteiger partial charge on any atom is -0.264 e. The van der Waals surface area contributed by atoms with E-state index in [0.29, 0.717) is 10.6 Å². The first-order valence-electron chi connectivity index (χ1n) is 6.62. The van der Waals surface area contributed by atoms with Crippen molar-refractivity contribution in [1.82, 2.24) is 4.98 Å². The molecule has 0 bridgehead atoms. The van der Waals surface area contributed by atoms with Crippen molar-refractivity contribution in [2.45, 2.75) is 25.7 Å². The van der Waals surface area contributed by atoms with E-state index < -0.39 is 0 Å². The topological polar surface area (TPSA) is 36.7 Å². The minimum absolute atomic E-state index is 0.498. The molecule has 2 aromatic heterocycles. The van der Waals surface area contributed by atoms with Crippen LogP contribution in [0.3, 0.4) is 0 Å². The number of allylic oxidation sites excluding steroid dienone is 1. The summed E-state index contributed by atoms with van der Waals surface area (Å²) in [7, 11) is 0. The van der Waals surface area contributed by atoms with E-state index in [2.05, 4.69) is 17.1 Å². The lowest BCUT2D eigenvalue weighted by Crippen LogP contribution is -1.96. The molecule has 0 saturated carbocycles. The van der Waals surface area contributed by atoms with E-state index in [0.717, 1.165) is 23.3 Å². The number of rotatable bonds is 2. The Morgan fingerprint density at radius 2 is 2.20 bits per heavy atom. The molecule has 0 unspecified atom stereocenters. The van der Waals surface area contributed by atoms with E-state index in [1.165, 1.54) is 23.3 Å². The summed E-state index contributed by atoms with van der Waals surface area (Å²) in [6.07, 6.45) is 8.13. The number of aryl methyl sites for hydroxylation is 2. The van der Waals surface area contributed by atoms with Crippen molar-refractivity contribution in [2.75, 3.05) is 0 Å². The van der Waals surface area contributed by atoms with Gasteiger partial charge in [0.2, 0.25) is 0 Å². The molecule has 0 amide bonds. The summed E-state index contributed by atoms with van der Waals surface area (Å²) in [5.74, 6) is 0. The Hall–Kier alpha value is -1.63. The lowest BCUT2D eigenvalue weighted by molar-refractivity contribution is 0.697. The molecule has 2 nitrogen and oxygen atoms in total. The third-order valence-electron chi connectivity index (χ3n) is 3.49. The minimum atomic E-state index is 0.498. The second kappa shape index (κ2) is 5.78. The molecule has 0 spiro atoms. The highest BCUT2D eigenvalue weighted by Gasteiger charge is 2.17. The summed E-state index contributed by atoms with van der Waals surface area (Å²) in [4.78, 5) is 6.48. The Bertz CT molecular complexity index is 672. The number of hydrogen-bond donors (Lipinski definition) is 0. The summed E-state index contributed by atoms with van der Waals surface area (Å²) in [6, 6.07) is 8.04. The summed E-state index contributed by atoms with van der Waals surface area (Å²) in [6.45, 7) is 0. The number of pyridine rings is 1. The molecule has 4 heteroatoms. The lowest BCUT2D eigenvalue weighted by Gasteiger charge is -2.08. The first-order chi connectivity index (χ1) is 9.79.